The molecule has 2 aliphatic heterocycles. The van der Waals surface area contributed by atoms with Crippen LogP contribution in [0.2, 0.25) is 0 Å². The first-order valence-electron chi connectivity index (χ1n) is 14.2. The molecule has 2 saturated heterocycles. The minimum absolute atomic E-state index is 0.205. The van der Waals surface area contributed by atoms with E-state index in [0.29, 0.717) is 24.7 Å². The SMILES string of the molecule is CC(C)(C(=O)Oc1ccc(-c2ccc(OCC3CO3)cc2)cc1)C(=O)Oc1ccc(-c2ccc(OCC3CO3)cc2)cc1. The van der Waals surface area contributed by atoms with E-state index in [0.717, 1.165) is 47.0 Å². The minimum Gasteiger partial charge on any atom is -0.491 e. The molecule has 0 N–H and O–H groups in total. The van der Waals surface area contributed by atoms with Crippen molar-refractivity contribution in [3.63, 3.8) is 0 Å². The summed E-state index contributed by atoms with van der Waals surface area (Å²) in [5, 5.41) is 0. The topological polar surface area (TPSA) is 96.1 Å². The lowest BCUT2D eigenvalue weighted by molar-refractivity contribution is -0.158. The molecule has 2 aliphatic rings. The van der Waals surface area contributed by atoms with Crippen LogP contribution in [0.4, 0.5) is 0 Å². The number of hydrogen-bond donors (Lipinski definition) is 0. The van der Waals surface area contributed by atoms with Crippen molar-refractivity contribution in [1.82, 2.24) is 0 Å². The number of carbonyl (C=O) groups excluding carboxylic acids is 2. The van der Waals surface area contributed by atoms with Gasteiger partial charge in [-0.2, -0.15) is 0 Å². The zero-order valence-electron chi connectivity index (χ0n) is 24.0. The van der Waals surface area contributed by atoms with Gasteiger partial charge in [0.05, 0.1) is 13.2 Å². The molecule has 0 aliphatic carbocycles. The quantitative estimate of drug-likeness (QED) is 0.0857. The summed E-state index contributed by atoms with van der Waals surface area (Å²) in [6.45, 7) is 5.59. The molecule has 0 saturated carbocycles. The standard InChI is InChI=1S/C35H32O8/c1-35(2,33(36)42-29-15-7-25(8-16-29)23-3-11-27(12-4-23)38-19-31-21-40-31)34(37)43-30-17-9-26(10-18-30)24-5-13-28(14-6-24)39-20-32-22-41-32/h3-18,31-32H,19-22H2,1-2H3. The third-order valence-electron chi connectivity index (χ3n) is 7.20. The summed E-state index contributed by atoms with van der Waals surface area (Å²) in [7, 11) is 0. The number of hydrogen-bond acceptors (Lipinski definition) is 8. The van der Waals surface area contributed by atoms with Gasteiger partial charge in [-0.15, -0.1) is 0 Å². The van der Waals surface area contributed by atoms with E-state index in [1.807, 2.05) is 72.8 Å². The van der Waals surface area contributed by atoms with Crippen molar-refractivity contribution in [2.45, 2.75) is 26.1 Å². The van der Waals surface area contributed by atoms with Gasteiger partial charge >= 0.3 is 11.9 Å². The summed E-state index contributed by atoms with van der Waals surface area (Å²) in [6.07, 6.45) is 0.410. The smallest absolute Gasteiger partial charge is 0.328 e. The molecule has 2 fully saturated rings. The molecule has 6 rings (SSSR count). The number of esters is 2. The van der Waals surface area contributed by atoms with Crippen molar-refractivity contribution in [2.75, 3.05) is 26.4 Å². The molecule has 0 bridgehead atoms. The van der Waals surface area contributed by atoms with E-state index in [2.05, 4.69) is 0 Å². The lowest BCUT2D eigenvalue weighted by atomic mass is 9.94. The molecule has 4 aromatic carbocycles. The Kier molecular flexibility index (Phi) is 8.13. The number of ether oxygens (including phenoxy) is 6. The first-order chi connectivity index (χ1) is 20.8. The van der Waals surface area contributed by atoms with E-state index < -0.39 is 17.4 Å². The minimum atomic E-state index is -1.53. The highest BCUT2D eigenvalue weighted by molar-refractivity contribution is 6.00. The molecule has 2 heterocycles. The summed E-state index contributed by atoms with van der Waals surface area (Å²) in [4.78, 5) is 25.9. The summed E-state index contributed by atoms with van der Waals surface area (Å²) >= 11 is 0. The molecule has 0 amide bonds. The molecule has 8 heteroatoms. The van der Waals surface area contributed by atoms with E-state index in [4.69, 9.17) is 28.4 Å². The second kappa shape index (κ2) is 12.3. The molecule has 2 unspecified atom stereocenters. The van der Waals surface area contributed by atoms with Gasteiger partial charge in [-0.25, -0.2) is 0 Å². The van der Waals surface area contributed by atoms with Crippen molar-refractivity contribution in [2.24, 2.45) is 5.41 Å². The Morgan fingerprint density at radius 2 is 0.837 bits per heavy atom. The highest BCUT2D eigenvalue weighted by atomic mass is 16.6. The van der Waals surface area contributed by atoms with E-state index in [9.17, 15) is 9.59 Å². The van der Waals surface area contributed by atoms with Gasteiger partial charge in [-0.05, 0) is 84.6 Å². The zero-order chi connectivity index (χ0) is 29.8. The van der Waals surface area contributed by atoms with Gasteiger partial charge in [-0.1, -0.05) is 48.5 Å². The Morgan fingerprint density at radius 1 is 0.558 bits per heavy atom. The van der Waals surface area contributed by atoms with Crippen molar-refractivity contribution in [3.8, 4) is 45.3 Å². The molecule has 43 heavy (non-hydrogen) atoms. The summed E-state index contributed by atoms with van der Waals surface area (Å²) in [5.41, 5.74) is 2.36. The lowest BCUT2D eigenvalue weighted by Gasteiger charge is -2.20. The van der Waals surface area contributed by atoms with Crippen LogP contribution in [0.5, 0.6) is 23.0 Å². The molecule has 4 aromatic rings. The molecule has 0 spiro atoms. The van der Waals surface area contributed by atoms with Crippen LogP contribution in [0.1, 0.15) is 13.8 Å². The highest BCUT2D eigenvalue weighted by Crippen LogP contribution is 2.29. The number of benzene rings is 4. The number of epoxide rings is 2. The average molecular weight is 581 g/mol. The van der Waals surface area contributed by atoms with Crippen LogP contribution in [0.15, 0.2) is 97.1 Å². The van der Waals surface area contributed by atoms with Crippen molar-refractivity contribution >= 4 is 11.9 Å². The van der Waals surface area contributed by atoms with Gasteiger partial charge in [0.25, 0.3) is 0 Å². The van der Waals surface area contributed by atoms with Crippen LogP contribution < -0.4 is 18.9 Å². The van der Waals surface area contributed by atoms with Crippen LogP contribution in [0.25, 0.3) is 22.3 Å². The predicted octanol–water partition coefficient (Wildman–Crippen LogP) is 6.11. The molecule has 8 nitrogen and oxygen atoms in total. The largest absolute Gasteiger partial charge is 0.491 e. The van der Waals surface area contributed by atoms with Gasteiger partial charge in [0.2, 0.25) is 0 Å². The normalized spacial score (nSPS) is 17.1. The molecular formula is C35H32O8. The first-order valence-corrected chi connectivity index (χ1v) is 14.2. The van der Waals surface area contributed by atoms with E-state index >= 15 is 0 Å². The number of rotatable bonds is 12. The third-order valence-corrected chi connectivity index (χ3v) is 7.20. The number of carbonyl (C=O) groups is 2. The van der Waals surface area contributed by atoms with Crippen LogP contribution in [0, 0.1) is 5.41 Å². The van der Waals surface area contributed by atoms with Gasteiger partial charge in [0, 0.05) is 0 Å². The van der Waals surface area contributed by atoms with Gasteiger partial charge in [0.1, 0.15) is 48.4 Å². The van der Waals surface area contributed by atoms with Crippen molar-refractivity contribution in [3.05, 3.63) is 97.1 Å². The van der Waals surface area contributed by atoms with Crippen molar-refractivity contribution < 1.29 is 38.0 Å². The second-order valence-electron chi connectivity index (χ2n) is 11.0. The Hall–Kier alpha value is -4.66. The Balaban J connectivity index is 1.01. The first kappa shape index (κ1) is 28.5. The fourth-order valence-electron chi connectivity index (χ4n) is 4.18. The monoisotopic (exact) mass is 580 g/mol. The highest BCUT2D eigenvalue weighted by Gasteiger charge is 2.40. The maximum absolute atomic E-state index is 13.0. The summed E-state index contributed by atoms with van der Waals surface area (Å²) in [6, 6.07) is 29.7. The van der Waals surface area contributed by atoms with Crippen molar-refractivity contribution in [1.29, 1.82) is 0 Å². The zero-order valence-corrected chi connectivity index (χ0v) is 24.0. The lowest BCUT2D eigenvalue weighted by Crippen LogP contribution is -2.39. The summed E-state index contributed by atoms with van der Waals surface area (Å²) in [5.74, 6) is 0.815. The van der Waals surface area contributed by atoms with Crippen LogP contribution in [-0.4, -0.2) is 50.6 Å². The predicted molar refractivity (Wildman–Crippen MR) is 159 cm³/mol. The van der Waals surface area contributed by atoms with Crippen LogP contribution in [0.3, 0.4) is 0 Å². The fraction of sp³-hybridized carbons (Fsp3) is 0.257. The molecule has 220 valence electrons. The molecule has 0 radical (unpaired) electrons. The Bertz CT molecular complexity index is 1430. The van der Waals surface area contributed by atoms with Gasteiger partial charge < -0.3 is 28.4 Å². The molecule has 0 aromatic heterocycles. The summed E-state index contributed by atoms with van der Waals surface area (Å²) < 4.78 is 32.8. The fourth-order valence-corrected chi connectivity index (χ4v) is 4.18. The van der Waals surface area contributed by atoms with E-state index in [-0.39, 0.29) is 12.2 Å². The maximum atomic E-state index is 13.0. The van der Waals surface area contributed by atoms with E-state index in [1.54, 1.807) is 24.3 Å². The van der Waals surface area contributed by atoms with Gasteiger partial charge in [-0.3, -0.25) is 9.59 Å². The second-order valence-corrected chi connectivity index (χ2v) is 11.0. The van der Waals surface area contributed by atoms with E-state index in [1.165, 1.54) is 13.8 Å². The molecular weight excluding hydrogens is 548 g/mol. The van der Waals surface area contributed by atoms with Crippen LogP contribution in [-0.2, 0) is 19.1 Å². The molecule has 2 atom stereocenters. The maximum Gasteiger partial charge on any atom is 0.328 e. The Morgan fingerprint density at radius 3 is 1.12 bits per heavy atom. The van der Waals surface area contributed by atoms with Gasteiger partial charge in [0.15, 0.2) is 5.41 Å². The Labute approximate surface area is 250 Å². The van der Waals surface area contributed by atoms with Crippen LogP contribution >= 0.6 is 0 Å². The average Bonchev–Trinajstić information content (AvgIpc) is 3.96. The third kappa shape index (κ3) is 7.41.